The summed E-state index contributed by atoms with van der Waals surface area (Å²) in [5, 5.41) is 9.47. The van der Waals surface area contributed by atoms with Crippen molar-refractivity contribution in [1.82, 2.24) is 0 Å². The average Bonchev–Trinajstić information content (AvgIpc) is 2.49. The summed E-state index contributed by atoms with van der Waals surface area (Å²) >= 11 is 0. The van der Waals surface area contributed by atoms with Gasteiger partial charge in [-0.2, -0.15) is 5.26 Å². The van der Waals surface area contributed by atoms with Crippen molar-refractivity contribution in [3.63, 3.8) is 0 Å². The van der Waals surface area contributed by atoms with Crippen LogP contribution in [-0.4, -0.2) is 6.29 Å². The van der Waals surface area contributed by atoms with Crippen LogP contribution in [0.1, 0.15) is 29.4 Å². The fourth-order valence-electron chi connectivity index (χ4n) is 2.33. The number of hydrogen-bond donors (Lipinski definition) is 0. The number of nitrogens with zero attached hydrogens (tertiary/aromatic N) is 1. The quantitative estimate of drug-likeness (QED) is 0.759. The molecule has 19 heavy (non-hydrogen) atoms. The van der Waals surface area contributed by atoms with Gasteiger partial charge in [0, 0.05) is 12.3 Å². The molecular formula is C17H15NO. The lowest BCUT2D eigenvalue weighted by atomic mass is 9.80. The van der Waals surface area contributed by atoms with Gasteiger partial charge in [-0.25, -0.2) is 0 Å². The molecule has 0 radical (unpaired) electrons. The van der Waals surface area contributed by atoms with Crippen LogP contribution < -0.4 is 0 Å². The van der Waals surface area contributed by atoms with Gasteiger partial charge in [-0.05, 0) is 11.1 Å². The summed E-state index contributed by atoms with van der Waals surface area (Å²) < 4.78 is 0. The first kappa shape index (κ1) is 13.0. The normalized spacial score (nSPS) is 13.2. The highest BCUT2D eigenvalue weighted by molar-refractivity contribution is 5.53. The lowest BCUT2D eigenvalue weighted by Gasteiger charge is -2.20. The second kappa shape index (κ2) is 6.51. The van der Waals surface area contributed by atoms with Gasteiger partial charge in [0.15, 0.2) is 0 Å². The first-order chi connectivity index (χ1) is 9.36. The molecule has 2 nitrogen and oxygen atoms in total. The van der Waals surface area contributed by atoms with E-state index >= 15 is 0 Å². The SMILES string of the molecule is N#CC(c1ccccc1)C(CC=O)c1ccccc1. The van der Waals surface area contributed by atoms with Crippen LogP contribution in [0.2, 0.25) is 0 Å². The van der Waals surface area contributed by atoms with Crippen LogP contribution in [-0.2, 0) is 4.79 Å². The average molecular weight is 249 g/mol. The van der Waals surface area contributed by atoms with Gasteiger partial charge in [0.2, 0.25) is 0 Å². The molecule has 2 unspecified atom stereocenters. The van der Waals surface area contributed by atoms with Gasteiger partial charge in [-0.1, -0.05) is 60.7 Å². The molecule has 0 bridgehead atoms. The minimum atomic E-state index is -0.297. The van der Waals surface area contributed by atoms with Crippen LogP contribution in [0.3, 0.4) is 0 Å². The van der Waals surface area contributed by atoms with Gasteiger partial charge in [0.25, 0.3) is 0 Å². The van der Waals surface area contributed by atoms with E-state index in [-0.39, 0.29) is 11.8 Å². The largest absolute Gasteiger partial charge is 0.303 e. The molecule has 2 rings (SSSR count). The lowest BCUT2D eigenvalue weighted by Crippen LogP contribution is -2.10. The van der Waals surface area contributed by atoms with E-state index in [0.29, 0.717) is 6.42 Å². The Morgan fingerprint density at radius 2 is 1.47 bits per heavy atom. The first-order valence-corrected chi connectivity index (χ1v) is 6.30. The van der Waals surface area contributed by atoms with Gasteiger partial charge >= 0.3 is 0 Å². The smallest absolute Gasteiger partial charge is 0.120 e. The van der Waals surface area contributed by atoms with E-state index < -0.39 is 0 Å². The monoisotopic (exact) mass is 249 g/mol. The third-order valence-electron chi connectivity index (χ3n) is 3.28. The summed E-state index contributed by atoms with van der Waals surface area (Å²) in [5.74, 6) is -0.389. The molecule has 2 atom stereocenters. The van der Waals surface area contributed by atoms with Crippen molar-refractivity contribution in [2.75, 3.05) is 0 Å². The summed E-state index contributed by atoms with van der Waals surface area (Å²) in [5.41, 5.74) is 1.99. The highest BCUT2D eigenvalue weighted by Crippen LogP contribution is 2.34. The zero-order valence-electron chi connectivity index (χ0n) is 10.6. The molecule has 2 heteroatoms. The van der Waals surface area contributed by atoms with E-state index in [1.807, 2.05) is 60.7 Å². The topological polar surface area (TPSA) is 40.9 Å². The maximum absolute atomic E-state index is 10.9. The molecule has 0 spiro atoms. The number of benzene rings is 2. The van der Waals surface area contributed by atoms with Crippen molar-refractivity contribution in [2.24, 2.45) is 0 Å². The molecule has 0 saturated heterocycles. The number of aldehydes is 1. The summed E-state index contributed by atoms with van der Waals surface area (Å²) in [6.07, 6.45) is 1.25. The maximum Gasteiger partial charge on any atom is 0.120 e. The minimum absolute atomic E-state index is 0.0916. The predicted octanol–water partition coefficient (Wildman–Crippen LogP) is 3.67. The molecular weight excluding hydrogens is 234 g/mol. The highest BCUT2D eigenvalue weighted by atomic mass is 16.1. The molecule has 0 aliphatic heterocycles. The Hall–Kier alpha value is -2.40. The van der Waals surface area contributed by atoms with Gasteiger partial charge in [-0.3, -0.25) is 0 Å². The number of carbonyl (C=O) groups excluding carboxylic acids is 1. The molecule has 2 aromatic rings. The molecule has 2 aromatic carbocycles. The third kappa shape index (κ3) is 3.08. The second-order valence-corrected chi connectivity index (χ2v) is 4.44. The standard InChI is InChI=1S/C17H15NO/c18-13-17(15-9-5-2-6-10-15)16(11-12-19)14-7-3-1-4-8-14/h1-10,12,16-17H,11H2. The third-order valence-corrected chi connectivity index (χ3v) is 3.28. The molecule has 0 aliphatic carbocycles. The van der Waals surface area contributed by atoms with Crippen molar-refractivity contribution in [1.29, 1.82) is 5.26 Å². The van der Waals surface area contributed by atoms with Crippen LogP contribution in [0.5, 0.6) is 0 Å². The predicted molar refractivity (Wildman–Crippen MR) is 74.7 cm³/mol. The fourth-order valence-corrected chi connectivity index (χ4v) is 2.33. The molecule has 0 heterocycles. The van der Waals surface area contributed by atoms with E-state index in [4.69, 9.17) is 0 Å². The minimum Gasteiger partial charge on any atom is -0.303 e. The summed E-state index contributed by atoms with van der Waals surface area (Å²) in [7, 11) is 0. The van der Waals surface area contributed by atoms with Gasteiger partial charge < -0.3 is 4.79 Å². The van der Waals surface area contributed by atoms with E-state index in [9.17, 15) is 10.1 Å². The number of carbonyl (C=O) groups is 1. The van der Waals surface area contributed by atoms with Crippen molar-refractivity contribution >= 4 is 6.29 Å². The zero-order valence-corrected chi connectivity index (χ0v) is 10.6. The zero-order chi connectivity index (χ0) is 13.5. The Kier molecular flexibility index (Phi) is 4.47. The Labute approximate surface area is 113 Å². The van der Waals surface area contributed by atoms with E-state index in [2.05, 4.69) is 6.07 Å². The fraction of sp³-hybridized carbons (Fsp3) is 0.176. The second-order valence-electron chi connectivity index (χ2n) is 4.44. The van der Waals surface area contributed by atoms with E-state index in [1.165, 1.54) is 0 Å². The van der Waals surface area contributed by atoms with Crippen LogP contribution >= 0.6 is 0 Å². The molecule has 0 N–H and O–H groups in total. The van der Waals surface area contributed by atoms with Crippen molar-refractivity contribution in [3.8, 4) is 6.07 Å². The summed E-state index contributed by atoms with van der Waals surface area (Å²) in [6.45, 7) is 0. The molecule has 0 fully saturated rings. The molecule has 0 amide bonds. The van der Waals surface area contributed by atoms with Gasteiger partial charge in [0.1, 0.15) is 6.29 Å². The lowest BCUT2D eigenvalue weighted by molar-refractivity contribution is -0.108. The Morgan fingerprint density at radius 1 is 0.947 bits per heavy atom. The number of rotatable bonds is 5. The number of nitriles is 1. The summed E-state index contributed by atoms with van der Waals surface area (Å²) in [6, 6.07) is 21.7. The highest BCUT2D eigenvalue weighted by Gasteiger charge is 2.24. The van der Waals surface area contributed by atoms with Crippen molar-refractivity contribution in [3.05, 3.63) is 71.8 Å². The van der Waals surface area contributed by atoms with Crippen LogP contribution in [0.4, 0.5) is 0 Å². The van der Waals surface area contributed by atoms with Crippen LogP contribution in [0, 0.1) is 11.3 Å². The van der Waals surface area contributed by atoms with E-state index in [1.54, 1.807) is 0 Å². The van der Waals surface area contributed by atoms with Crippen molar-refractivity contribution < 1.29 is 4.79 Å². The summed E-state index contributed by atoms with van der Waals surface area (Å²) in [4.78, 5) is 10.9. The molecule has 94 valence electrons. The van der Waals surface area contributed by atoms with Crippen LogP contribution in [0.25, 0.3) is 0 Å². The van der Waals surface area contributed by atoms with Crippen LogP contribution in [0.15, 0.2) is 60.7 Å². The van der Waals surface area contributed by atoms with E-state index in [0.717, 1.165) is 17.4 Å². The Morgan fingerprint density at radius 3 is 1.95 bits per heavy atom. The maximum atomic E-state index is 10.9. The Bertz CT molecular complexity index is 557. The van der Waals surface area contributed by atoms with Gasteiger partial charge in [-0.15, -0.1) is 0 Å². The molecule has 0 aliphatic rings. The number of hydrogen-bond acceptors (Lipinski definition) is 2. The van der Waals surface area contributed by atoms with Crippen molar-refractivity contribution in [2.45, 2.75) is 18.3 Å². The van der Waals surface area contributed by atoms with Gasteiger partial charge in [0.05, 0.1) is 12.0 Å². The Balaban J connectivity index is 2.38. The molecule has 0 saturated carbocycles. The molecule has 0 aromatic heterocycles. The first-order valence-electron chi connectivity index (χ1n) is 6.30.